The summed E-state index contributed by atoms with van der Waals surface area (Å²) in [5, 5.41) is 21.8. The number of halogens is 2. The minimum atomic E-state index is -0.626. The van der Waals surface area contributed by atoms with E-state index in [1.807, 2.05) is 38.1 Å². The smallest absolute Gasteiger partial charge is 0.269 e. The number of anilines is 1. The molecule has 0 saturated carbocycles. The number of aliphatic hydroxyl groups is 1. The van der Waals surface area contributed by atoms with Gasteiger partial charge in [0, 0.05) is 51.0 Å². The normalized spacial score (nSPS) is 15.2. The van der Waals surface area contributed by atoms with Crippen molar-refractivity contribution in [3.05, 3.63) is 64.2 Å². The van der Waals surface area contributed by atoms with E-state index < -0.39 is 5.60 Å². The van der Waals surface area contributed by atoms with E-state index in [2.05, 4.69) is 29.0 Å². The SMILES string of the molecule is CC(C)Oc1ccc(N(C)CCC2(O)CCN(CCc3ccc([N+](=O)[O-])cc3)CC2)cc1.Cl.Cl. The van der Waals surface area contributed by atoms with E-state index >= 15 is 0 Å². The Morgan fingerprint density at radius 1 is 1.09 bits per heavy atom. The van der Waals surface area contributed by atoms with E-state index in [1.165, 1.54) is 0 Å². The lowest BCUT2D eigenvalue weighted by molar-refractivity contribution is -0.384. The second-order valence-electron chi connectivity index (χ2n) is 9.07. The van der Waals surface area contributed by atoms with Crippen LogP contribution >= 0.6 is 24.8 Å². The lowest BCUT2D eigenvalue weighted by atomic mass is 9.88. The van der Waals surface area contributed by atoms with Crippen molar-refractivity contribution in [2.45, 2.75) is 51.2 Å². The fourth-order valence-electron chi connectivity index (χ4n) is 4.07. The number of non-ortho nitro benzene ring substituents is 1. The first-order valence-corrected chi connectivity index (χ1v) is 11.4. The van der Waals surface area contributed by atoms with Gasteiger partial charge in [-0.25, -0.2) is 0 Å². The lowest BCUT2D eigenvalue weighted by Gasteiger charge is -2.39. The topological polar surface area (TPSA) is 79.1 Å². The molecule has 1 aliphatic rings. The minimum absolute atomic E-state index is 0. The van der Waals surface area contributed by atoms with Crippen LogP contribution < -0.4 is 9.64 Å². The molecule has 2 aromatic rings. The van der Waals surface area contributed by atoms with Crippen LogP contribution in [0.5, 0.6) is 5.75 Å². The summed E-state index contributed by atoms with van der Waals surface area (Å²) in [6.45, 7) is 7.47. The van der Waals surface area contributed by atoms with Crippen molar-refractivity contribution in [2.24, 2.45) is 0 Å². The van der Waals surface area contributed by atoms with Crippen molar-refractivity contribution in [1.82, 2.24) is 4.90 Å². The first-order valence-electron chi connectivity index (χ1n) is 11.4. The lowest BCUT2D eigenvalue weighted by Crippen LogP contribution is -2.46. The van der Waals surface area contributed by atoms with Crippen LogP contribution in [0.4, 0.5) is 11.4 Å². The standard InChI is InChI=1S/C25H35N3O4.2ClH/c1-20(2)32-24-10-8-22(9-11-24)26(3)17-13-25(29)14-18-27(19-15-25)16-12-21-4-6-23(7-5-21)28(30)31;;/h4-11,20,29H,12-19H2,1-3H3;2*1H. The molecular weight excluding hydrogens is 477 g/mol. The molecule has 0 atom stereocenters. The molecule has 0 amide bonds. The van der Waals surface area contributed by atoms with Gasteiger partial charge in [0.25, 0.3) is 5.69 Å². The first-order chi connectivity index (χ1) is 15.2. The molecule has 1 aliphatic heterocycles. The van der Waals surface area contributed by atoms with Crippen molar-refractivity contribution in [1.29, 1.82) is 0 Å². The van der Waals surface area contributed by atoms with Crippen molar-refractivity contribution >= 4 is 36.2 Å². The second kappa shape index (κ2) is 13.7. The Labute approximate surface area is 215 Å². The van der Waals surface area contributed by atoms with Gasteiger partial charge in [-0.05, 0) is 69.4 Å². The molecule has 1 saturated heterocycles. The Morgan fingerprint density at radius 2 is 1.68 bits per heavy atom. The van der Waals surface area contributed by atoms with E-state index in [-0.39, 0.29) is 41.5 Å². The highest BCUT2D eigenvalue weighted by molar-refractivity contribution is 5.85. The Bertz CT molecular complexity index is 871. The highest BCUT2D eigenvalue weighted by Crippen LogP contribution is 2.27. The maximum Gasteiger partial charge on any atom is 0.269 e. The van der Waals surface area contributed by atoms with Gasteiger partial charge in [0.2, 0.25) is 0 Å². The Morgan fingerprint density at radius 3 is 2.21 bits per heavy atom. The molecule has 34 heavy (non-hydrogen) atoms. The third kappa shape index (κ3) is 8.95. The van der Waals surface area contributed by atoms with Crippen LogP contribution in [0.25, 0.3) is 0 Å². The second-order valence-corrected chi connectivity index (χ2v) is 9.07. The predicted octanol–water partition coefficient (Wildman–Crippen LogP) is 5.12. The zero-order chi connectivity index (χ0) is 23.1. The average Bonchev–Trinajstić information content (AvgIpc) is 2.77. The summed E-state index contributed by atoms with van der Waals surface area (Å²) in [5.74, 6) is 0.872. The van der Waals surface area contributed by atoms with Gasteiger partial charge in [-0.2, -0.15) is 0 Å². The van der Waals surface area contributed by atoms with Gasteiger partial charge >= 0.3 is 0 Å². The van der Waals surface area contributed by atoms with Gasteiger partial charge in [-0.15, -0.1) is 24.8 Å². The number of nitro groups is 1. The van der Waals surface area contributed by atoms with Crippen LogP contribution in [-0.4, -0.2) is 59.9 Å². The maximum atomic E-state index is 11.1. The Hall–Kier alpha value is -2.06. The molecule has 190 valence electrons. The number of hydrogen-bond acceptors (Lipinski definition) is 6. The van der Waals surface area contributed by atoms with Crippen LogP contribution in [0, 0.1) is 10.1 Å². The summed E-state index contributed by atoms with van der Waals surface area (Å²) in [6, 6.07) is 14.9. The van der Waals surface area contributed by atoms with Gasteiger partial charge in [-0.3, -0.25) is 10.1 Å². The monoisotopic (exact) mass is 513 g/mol. The third-order valence-electron chi connectivity index (χ3n) is 6.21. The molecule has 2 aromatic carbocycles. The number of benzene rings is 2. The number of likely N-dealkylation sites (tertiary alicyclic amines) is 1. The Kier molecular flexibility index (Phi) is 12.1. The minimum Gasteiger partial charge on any atom is -0.491 e. The van der Waals surface area contributed by atoms with Gasteiger partial charge in [0.15, 0.2) is 0 Å². The fourth-order valence-corrected chi connectivity index (χ4v) is 4.07. The summed E-state index contributed by atoms with van der Waals surface area (Å²) >= 11 is 0. The number of nitro benzene ring substituents is 1. The molecule has 3 rings (SSSR count). The summed E-state index contributed by atoms with van der Waals surface area (Å²) in [5.41, 5.74) is 1.72. The molecule has 7 nitrogen and oxygen atoms in total. The zero-order valence-electron chi connectivity index (χ0n) is 20.2. The summed E-state index contributed by atoms with van der Waals surface area (Å²) in [4.78, 5) is 14.9. The summed E-state index contributed by atoms with van der Waals surface area (Å²) in [7, 11) is 2.06. The highest BCUT2D eigenvalue weighted by Gasteiger charge is 2.32. The summed E-state index contributed by atoms with van der Waals surface area (Å²) < 4.78 is 5.70. The van der Waals surface area contributed by atoms with Crippen molar-refractivity contribution in [3.8, 4) is 5.75 Å². The fraction of sp³-hybridized carbons (Fsp3) is 0.520. The number of nitrogens with zero attached hydrogens (tertiary/aromatic N) is 3. The number of rotatable bonds is 10. The van der Waals surface area contributed by atoms with E-state index in [9.17, 15) is 15.2 Å². The predicted molar refractivity (Wildman–Crippen MR) is 142 cm³/mol. The van der Waals surface area contributed by atoms with Gasteiger partial charge < -0.3 is 19.6 Å². The number of piperidine rings is 1. The van der Waals surface area contributed by atoms with Crippen molar-refractivity contribution in [3.63, 3.8) is 0 Å². The number of ether oxygens (including phenoxy) is 1. The van der Waals surface area contributed by atoms with Crippen LogP contribution in [-0.2, 0) is 6.42 Å². The van der Waals surface area contributed by atoms with Gasteiger partial charge in [0.1, 0.15) is 5.75 Å². The molecule has 0 bridgehead atoms. The molecular formula is C25H37Cl2N3O4. The molecule has 0 radical (unpaired) electrons. The molecule has 1 fully saturated rings. The van der Waals surface area contributed by atoms with E-state index in [0.29, 0.717) is 0 Å². The average molecular weight is 514 g/mol. The van der Waals surface area contributed by atoms with Crippen LogP contribution in [0.3, 0.4) is 0 Å². The zero-order valence-corrected chi connectivity index (χ0v) is 21.8. The Balaban J connectivity index is 0.00000289. The van der Waals surface area contributed by atoms with Crippen LogP contribution in [0.1, 0.15) is 38.7 Å². The van der Waals surface area contributed by atoms with E-state index in [1.54, 1.807) is 12.1 Å². The molecule has 1 heterocycles. The highest BCUT2D eigenvalue weighted by atomic mass is 35.5. The first kappa shape index (κ1) is 30.0. The molecule has 1 N–H and O–H groups in total. The quantitative estimate of drug-likeness (QED) is 0.350. The molecule has 0 aromatic heterocycles. The van der Waals surface area contributed by atoms with Crippen LogP contribution in [0.15, 0.2) is 48.5 Å². The van der Waals surface area contributed by atoms with E-state index in [0.717, 1.165) is 68.9 Å². The van der Waals surface area contributed by atoms with Crippen molar-refractivity contribution < 1.29 is 14.8 Å². The van der Waals surface area contributed by atoms with Crippen LogP contribution in [0.2, 0.25) is 0 Å². The van der Waals surface area contributed by atoms with Gasteiger partial charge in [0.05, 0.1) is 16.6 Å². The largest absolute Gasteiger partial charge is 0.491 e. The summed E-state index contributed by atoms with van der Waals surface area (Å²) in [6.07, 6.45) is 3.29. The third-order valence-corrected chi connectivity index (χ3v) is 6.21. The molecule has 0 aliphatic carbocycles. The van der Waals surface area contributed by atoms with Crippen molar-refractivity contribution in [2.75, 3.05) is 38.1 Å². The van der Waals surface area contributed by atoms with E-state index in [4.69, 9.17) is 4.74 Å². The maximum absolute atomic E-state index is 11.1. The molecule has 0 spiro atoms. The molecule has 0 unspecified atom stereocenters. The number of hydrogen-bond donors (Lipinski definition) is 1. The van der Waals surface area contributed by atoms with Gasteiger partial charge in [-0.1, -0.05) is 12.1 Å². The molecule has 9 heteroatoms.